The highest BCUT2D eigenvalue weighted by molar-refractivity contribution is 7.09. The first-order valence-electron chi connectivity index (χ1n) is 3.78. The molecule has 0 aliphatic carbocycles. The van der Waals surface area contributed by atoms with E-state index >= 15 is 0 Å². The molecule has 0 spiro atoms. The second-order valence-corrected chi connectivity index (χ2v) is 3.57. The molecule has 1 rings (SSSR count). The van der Waals surface area contributed by atoms with Crippen LogP contribution in [0.1, 0.15) is 4.88 Å². The zero-order chi connectivity index (χ0) is 9.68. The number of thiophene rings is 1. The van der Waals surface area contributed by atoms with Crippen LogP contribution in [0.5, 0.6) is 0 Å². The molecule has 1 aromatic rings. The smallest absolute Gasteiger partial charge is 0.322 e. The van der Waals surface area contributed by atoms with Crippen molar-refractivity contribution in [3.63, 3.8) is 0 Å². The SMILES string of the molecule is NC(COCc1cccs1)C(=O)O. The highest BCUT2D eigenvalue weighted by Gasteiger charge is 2.10. The quantitative estimate of drug-likeness (QED) is 0.734. The molecule has 0 saturated heterocycles. The van der Waals surface area contributed by atoms with Crippen molar-refractivity contribution < 1.29 is 14.6 Å². The van der Waals surface area contributed by atoms with Gasteiger partial charge in [-0.3, -0.25) is 4.79 Å². The first-order valence-corrected chi connectivity index (χ1v) is 4.66. The standard InChI is InChI=1S/C8H11NO3S/c9-7(8(10)11)5-12-4-6-2-1-3-13-6/h1-3,7H,4-5,9H2,(H,10,11). The van der Waals surface area contributed by atoms with E-state index in [1.807, 2.05) is 17.5 Å². The minimum Gasteiger partial charge on any atom is -0.480 e. The van der Waals surface area contributed by atoms with E-state index in [-0.39, 0.29) is 6.61 Å². The van der Waals surface area contributed by atoms with Gasteiger partial charge in [-0.1, -0.05) is 6.07 Å². The molecule has 0 amide bonds. The van der Waals surface area contributed by atoms with Gasteiger partial charge >= 0.3 is 5.97 Å². The zero-order valence-electron chi connectivity index (χ0n) is 6.97. The van der Waals surface area contributed by atoms with E-state index in [2.05, 4.69) is 0 Å². The maximum Gasteiger partial charge on any atom is 0.322 e. The van der Waals surface area contributed by atoms with E-state index in [1.54, 1.807) is 11.3 Å². The molecular formula is C8H11NO3S. The van der Waals surface area contributed by atoms with Gasteiger partial charge in [0.1, 0.15) is 6.04 Å². The van der Waals surface area contributed by atoms with Gasteiger partial charge in [0.25, 0.3) is 0 Å². The molecule has 5 heteroatoms. The van der Waals surface area contributed by atoms with Crippen molar-refractivity contribution in [1.29, 1.82) is 0 Å². The molecule has 0 aliphatic rings. The number of carboxylic acids is 1. The van der Waals surface area contributed by atoms with Crippen LogP contribution in [0.25, 0.3) is 0 Å². The Labute approximate surface area is 79.9 Å². The number of carboxylic acid groups (broad SMARTS) is 1. The van der Waals surface area contributed by atoms with Gasteiger partial charge in [-0.15, -0.1) is 11.3 Å². The highest BCUT2D eigenvalue weighted by Crippen LogP contribution is 2.09. The number of hydrogen-bond donors (Lipinski definition) is 2. The monoisotopic (exact) mass is 201 g/mol. The second kappa shape index (κ2) is 4.96. The lowest BCUT2D eigenvalue weighted by molar-refractivity contribution is -0.140. The van der Waals surface area contributed by atoms with Crippen molar-refractivity contribution in [1.82, 2.24) is 0 Å². The van der Waals surface area contributed by atoms with Crippen LogP contribution < -0.4 is 5.73 Å². The third-order valence-corrected chi connectivity index (χ3v) is 2.29. The minimum absolute atomic E-state index is 0.0488. The summed E-state index contributed by atoms with van der Waals surface area (Å²) in [6, 6.07) is 2.91. The van der Waals surface area contributed by atoms with Crippen molar-refractivity contribution in [2.24, 2.45) is 5.73 Å². The topological polar surface area (TPSA) is 72.5 Å². The molecule has 0 saturated carbocycles. The molecule has 0 bridgehead atoms. The molecule has 0 aromatic carbocycles. The normalized spacial score (nSPS) is 12.7. The fourth-order valence-corrected chi connectivity index (χ4v) is 1.39. The Morgan fingerprint density at radius 2 is 2.54 bits per heavy atom. The van der Waals surface area contributed by atoms with Crippen LogP contribution in [0, 0.1) is 0 Å². The van der Waals surface area contributed by atoms with E-state index in [1.165, 1.54) is 0 Å². The Bertz CT molecular complexity index is 260. The first kappa shape index (κ1) is 10.2. The average Bonchev–Trinajstić information content (AvgIpc) is 2.56. The molecule has 1 unspecified atom stereocenters. The summed E-state index contributed by atoms with van der Waals surface area (Å²) in [4.78, 5) is 11.4. The van der Waals surface area contributed by atoms with Gasteiger partial charge in [-0.05, 0) is 11.4 Å². The Morgan fingerprint density at radius 1 is 1.77 bits per heavy atom. The van der Waals surface area contributed by atoms with Gasteiger partial charge in [-0.25, -0.2) is 0 Å². The first-order chi connectivity index (χ1) is 6.20. The number of aliphatic carboxylic acids is 1. The predicted molar refractivity (Wildman–Crippen MR) is 49.6 cm³/mol. The lowest BCUT2D eigenvalue weighted by atomic mass is 10.3. The molecule has 1 atom stereocenters. The number of hydrogen-bond acceptors (Lipinski definition) is 4. The van der Waals surface area contributed by atoms with Crippen LogP contribution in [0.2, 0.25) is 0 Å². The Hall–Kier alpha value is -0.910. The fraction of sp³-hybridized carbons (Fsp3) is 0.375. The molecule has 1 aromatic heterocycles. The summed E-state index contributed by atoms with van der Waals surface area (Å²) in [5, 5.41) is 10.4. The van der Waals surface area contributed by atoms with Crippen LogP contribution in [-0.4, -0.2) is 23.7 Å². The molecule has 4 nitrogen and oxygen atoms in total. The van der Waals surface area contributed by atoms with Gasteiger partial charge in [0.2, 0.25) is 0 Å². The van der Waals surface area contributed by atoms with E-state index in [0.717, 1.165) is 4.88 Å². The lowest BCUT2D eigenvalue weighted by Gasteiger charge is -2.05. The van der Waals surface area contributed by atoms with Gasteiger partial charge in [0, 0.05) is 4.88 Å². The fourth-order valence-electron chi connectivity index (χ4n) is 0.752. The van der Waals surface area contributed by atoms with Crippen molar-refractivity contribution >= 4 is 17.3 Å². The summed E-state index contributed by atoms with van der Waals surface area (Å²) < 4.78 is 5.11. The molecule has 72 valence electrons. The molecule has 13 heavy (non-hydrogen) atoms. The van der Waals surface area contributed by atoms with E-state index < -0.39 is 12.0 Å². The van der Waals surface area contributed by atoms with Gasteiger partial charge in [0.15, 0.2) is 0 Å². The van der Waals surface area contributed by atoms with Crippen LogP contribution >= 0.6 is 11.3 Å². The number of ether oxygens (including phenoxy) is 1. The molecule has 1 heterocycles. The molecule has 0 radical (unpaired) electrons. The molecule has 0 fully saturated rings. The van der Waals surface area contributed by atoms with E-state index in [9.17, 15) is 4.79 Å². The van der Waals surface area contributed by atoms with Crippen molar-refractivity contribution in [3.05, 3.63) is 22.4 Å². The third kappa shape index (κ3) is 3.54. The van der Waals surface area contributed by atoms with Crippen LogP contribution in [0.4, 0.5) is 0 Å². The largest absolute Gasteiger partial charge is 0.480 e. The van der Waals surface area contributed by atoms with E-state index in [0.29, 0.717) is 6.61 Å². The summed E-state index contributed by atoms with van der Waals surface area (Å²) >= 11 is 1.57. The summed E-state index contributed by atoms with van der Waals surface area (Å²) in [5.41, 5.74) is 5.23. The zero-order valence-corrected chi connectivity index (χ0v) is 7.79. The second-order valence-electron chi connectivity index (χ2n) is 2.54. The Balaban J connectivity index is 2.18. The van der Waals surface area contributed by atoms with Crippen LogP contribution in [-0.2, 0) is 16.1 Å². The van der Waals surface area contributed by atoms with Crippen LogP contribution in [0.15, 0.2) is 17.5 Å². The lowest BCUT2D eigenvalue weighted by Crippen LogP contribution is -2.34. The predicted octanol–water partition coefficient (Wildman–Crippen LogP) is 0.677. The number of nitrogens with two attached hydrogens (primary N) is 1. The minimum atomic E-state index is -1.04. The molecule has 0 aliphatic heterocycles. The Morgan fingerprint density at radius 3 is 3.08 bits per heavy atom. The molecular weight excluding hydrogens is 190 g/mol. The molecule has 3 N–H and O–H groups in total. The summed E-state index contributed by atoms with van der Waals surface area (Å²) in [6.45, 7) is 0.478. The van der Waals surface area contributed by atoms with Crippen LogP contribution in [0.3, 0.4) is 0 Å². The van der Waals surface area contributed by atoms with Crippen molar-refractivity contribution in [3.8, 4) is 0 Å². The number of rotatable bonds is 5. The summed E-state index contributed by atoms with van der Waals surface area (Å²) in [7, 11) is 0. The maximum atomic E-state index is 10.3. The van der Waals surface area contributed by atoms with Crippen molar-refractivity contribution in [2.75, 3.05) is 6.61 Å². The summed E-state index contributed by atoms with van der Waals surface area (Å²) in [5.74, 6) is -1.04. The van der Waals surface area contributed by atoms with Gasteiger partial charge < -0.3 is 15.6 Å². The highest BCUT2D eigenvalue weighted by atomic mass is 32.1. The van der Waals surface area contributed by atoms with Crippen molar-refractivity contribution in [2.45, 2.75) is 12.6 Å². The summed E-state index contributed by atoms with van der Waals surface area (Å²) in [6.07, 6.45) is 0. The van der Waals surface area contributed by atoms with Gasteiger partial charge in [0.05, 0.1) is 13.2 Å². The number of carbonyl (C=O) groups is 1. The average molecular weight is 201 g/mol. The van der Waals surface area contributed by atoms with E-state index in [4.69, 9.17) is 15.6 Å². The van der Waals surface area contributed by atoms with Gasteiger partial charge in [-0.2, -0.15) is 0 Å². The maximum absolute atomic E-state index is 10.3. The Kier molecular flexibility index (Phi) is 3.88. The third-order valence-electron chi connectivity index (χ3n) is 1.44.